The van der Waals surface area contributed by atoms with Crippen LogP contribution in [0.4, 0.5) is 0 Å². The standard InChI is InChI=1S/C17H20BrN3S/c18-15-6-2-1-5-14(15)17(8-9-17)12-21-16(19)20-10-7-13-4-3-11-22-13/h1-6,11H,7-10,12H2,(H3,19,20,21). The Kier molecular flexibility index (Phi) is 4.84. The molecule has 0 spiro atoms. The first kappa shape index (κ1) is 15.6. The molecule has 0 unspecified atom stereocenters. The van der Waals surface area contributed by atoms with Crippen LogP contribution in [0.5, 0.6) is 0 Å². The van der Waals surface area contributed by atoms with Crippen LogP contribution >= 0.6 is 27.3 Å². The molecule has 3 rings (SSSR count). The van der Waals surface area contributed by atoms with Crippen LogP contribution in [0.1, 0.15) is 23.3 Å². The van der Waals surface area contributed by atoms with E-state index in [1.165, 1.54) is 27.8 Å². The highest BCUT2D eigenvalue weighted by Gasteiger charge is 2.45. The molecular weight excluding hydrogens is 358 g/mol. The molecule has 1 aromatic carbocycles. The molecule has 5 heteroatoms. The fourth-order valence-corrected chi connectivity index (χ4v) is 4.03. The van der Waals surface area contributed by atoms with Crippen molar-refractivity contribution in [2.45, 2.75) is 24.7 Å². The van der Waals surface area contributed by atoms with Crippen molar-refractivity contribution in [1.82, 2.24) is 5.32 Å². The first-order valence-electron chi connectivity index (χ1n) is 7.51. The fourth-order valence-electron chi connectivity index (χ4n) is 2.62. The Hall–Kier alpha value is -1.33. The van der Waals surface area contributed by atoms with Crippen molar-refractivity contribution in [3.05, 3.63) is 56.7 Å². The van der Waals surface area contributed by atoms with Gasteiger partial charge in [-0.25, -0.2) is 0 Å². The second-order valence-corrected chi connectivity index (χ2v) is 7.60. The van der Waals surface area contributed by atoms with Gasteiger partial charge in [-0.05, 0) is 42.3 Å². The summed E-state index contributed by atoms with van der Waals surface area (Å²) in [6.45, 7) is 1.59. The molecule has 1 fully saturated rings. The van der Waals surface area contributed by atoms with E-state index in [1.807, 2.05) is 6.07 Å². The summed E-state index contributed by atoms with van der Waals surface area (Å²) < 4.78 is 1.17. The summed E-state index contributed by atoms with van der Waals surface area (Å²) in [4.78, 5) is 5.93. The third kappa shape index (κ3) is 3.70. The molecule has 2 aromatic rings. The molecule has 22 heavy (non-hydrogen) atoms. The maximum atomic E-state index is 5.99. The van der Waals surface area contributed by atoms with E-state index in [0.29, 0.717) is 5.96 Å². The van der Waals surface area contributed by atoms with E-state index >= 15 is 0 Å². The minimum Gasteiger partial charge on any atom is -0.370 e. The number of nitrogens with zero attached hydrogens (tertiary/aromatic N) is 1. The summed E-state index contributed by atoms with van der Waals surface area (Å²) in [6, 6.07) is 12.6. The van der Waals surface area contributed by atoms with Crippen molar-refractivity contribution in [3.8, 4) is 0 Å². The van der Waals surface area contributed by atoms with Gasteiger partial charge in [0.2, 0.25) is 0 Å². The number of hydrogen-bond acceptors (Lipinski definition) is 2. The molecule has 1 heterocycles. The van der Waals surface area contributed by atoms with E-state index in [-0.39, 0.29) is 5.41 Å². The predicted molar refractivity (Wildman–Crippen MR) is 97.6 cm³/mol. The predicted octanol–water partition coefficient (Wildman–Crippen LogP) is 3.69. The fraction of sp³-hybridized carbons (Fsp3) is 0.353. The maximum absolute atomic E-state index is 5.99. The van der Waals surface area contributed by atoms with E-state index in [2.05, 4.69) is 62.0 Å². The van der Waals surface area contributed by atoms with Gasteiger partial charge >= 0.3 is 0 Å². The van der Waals surface area contributed by atoms with Crippen molar-refractivity contribution < 1.29 is 0 Å². The van der Waals surface area contributed by atoms with Gasteiger partial charge in [0.15, 0.2) is 5.96 Å². The molecule has 3 N–H and O–H groups in total. The zero-order valence-electron chi connectivity index (χ0n) is 12.4. The van der Waals surface area contributed by atoms with Crippen LogP contribution < -0.4 is 11.1 Å². The summed E-state index contributed by atoms with van der Waals surface area (Å²) >= 11 is 5.42. The third-order valence-corrected chi connectivity index (χ3v) is 5.74. The van der Waals surface area contributed by atoms with Gasteiger partial charge in [-0.3, -0.25) is 4.99 Å². The molecule has 1 aliphatic carbocycles. The minimum absolute atomic E-state index is 0.181. The summed E-state index contributed by atoms with van der Waals surface area (Å²) in [5, 5.41) is 5.31. The number of nitrogens with two attached hydrogens (primary N) is 1. The largest absolute Gasteiger partial charge is 0.370 e. The molecule has 0 aliphatic heterocycles. The van der Waals surface area contributed by atoms with Crippen LogP contribution in [-0.4, -0.2) is 19.0 Å². The molecule has 0 saturated heterocycles. The second-order valence-electron chi connectivity index (χ2n) is 5.72. The summed E-state index contributed by atoms with van der Waals surface area (Å²) in [5.74, 6) is 0.551. The van der Waals surface area contributed by atoms with Gasteiger partial charge in [-0.1, -0.05) is 40.2 Å². The van der Waals surface area contributed by atoms with Gasteiger partial charge in [0, 0.05) is 21.3 Å². The monoisotopic (exact) mass is 377 g/mol. The maximum Gasteiger partial charge on any atom is 0.188 e. The van der Waals surface area contributed by atoms with Crippen molar-refractivity contribution in [2.24, 2.45) is 10.7 Å². The Morgan fingerprint density at radius 1 is 1.27 bits per heavy atom. The number of halogens is 1. The van der Waals surface area contributed by atoms with Crippen LogP contribution in [0.3, 0.4) is 0 Å². The van der Waals surface area contributed by atoms with Crippen LogP contribution in [0.2, 0.25) is 0 Å². The van der Waals surface area contributed by atoms with Gasteiger partial charge in [-0.15, -0.1) is 11.3 Å². The van der Waals surface area contributed by atoms with Gasteiger partial charge in [-0.2, -0.15) is 0 Å². The van der Waals surface area contributed by atoms with Gasteiger partial charge in [0.1, 0.15) is 0 Å². The first-order valence-corrected chi connectivity index (χ1v) is 9.18. The molecule has 0 bridgehead atoms. The topological polar surface area (TPSA) is 50.4 Å². The number of nitrogens with one attached hydrogen (secondary N) is 1. The van der Waals surface area contributed by atoms with E-state index in [4.69, 9.17) is 5.73 Å². The number of hydrogen-bond donors (Lipinski definition) is 2. The molecule has 0 radical (unpaired) electrons. The Labute approximate surface area is 143 Å². The molecule has 3 nitrogen and oxygen atoms in total. The lowest BCUT2D eigenvalue weighted by atomic mass is 9.96. The highest BCUT2D eigenvalue weighted by Crippen LogP contribution is 2.50. The van der Waals surface area contributed by atoms with Crippen molar-refractivity contribution in [3.63, 3.8) is 0 Å². The molecule has 1 aliphatic rings. The van der Waals surface area contributed by atoms with Crippen LogP contribution in [0.15, 0.2) is 51.2 Å². The van der Waals surface area contributed by atoms with Gasteiger partial charge in [0.05, 0.1) is 6.54 Å². The van der Waals surface area contributed by atoms with Gasteiger partial charge < -0.3 is 11.1 Å². The molecule has 0 amide bonds. The Morgan fingerprint density at radius 3 is 2.77 bits per heavy atom. The Balaban J connectivity index is 1.53. The normalized spacial score (nSPS) is 16.5. The quantitative estimate of drug-likeness (QED) is 0.595. The lowest BCUT2D eigenvalue weighted by molar-refractivity contribution is 0.696. The highest BCUT2D eigenvalue weighted by atomic mass is 79.9. The average molecular weight is 378 g/mol. The van der Waals surface area contributed by atoms with Crippen LogP contribution in [-0.2, 0) is 11.8 Å². The molecular formula is C17H20BrN3S. The van der Waals surface area contributed by atoms with Gasteiger partial charge in [0.25, 0.3) is 0 Å². The average Bonchev–Trinajstić information content (AvgIpc) is 3.13. The zero-order valence-corrected chi connectivity index (χ0v) is 14.8. The Bertz CT molecular complexity index is 648. The number of guanidine groups is 1. The van der Waals surface area contributed by atoms with Crippen molar-refractivity contribution in [2.75, 3.05) is 13.1 Å². The van der Waals surface area contributed by atoms with E-state index in [1.54, 1.807) is 11.3 Å². The number of rotatable bonds is 6. The van der Waals surface area contributed by atoms with E-state index in [0.717, 1.165) is 19.5 Å². The zero-order chi connectivity index (χ0) is 15.4. The molecule has 1 saturated carbocycles. The summed E-state index contributed by atoms with van der Waals surface area (Å²) in [6.07, 6.45) is 3.35. The SMILES string of the molecule is NC(=NCC1(c2ccccc2Br)CC1)NCCc1cccs1. The summed E-state index contributed by atoms with van der Waals surface area (Å²) in [5.41, 5.74) is 7.53. The van der Waals surface area contributed by atoms with Crippen LogP contribution in [0.25, 0.3) is 0 Å². The molecule has 116 valence electrons. The van der Waals surface area contributed by atoms with Crippen LogP contribution in [0, 0.1) is 0 Å². The first-order chi connectivity index (χ1) is 10.7. The number of thiophene rings is 1. The third-order valence-electron chi connectivity index (χ3n) is 4.11. The number of benzene rings is 1. The lowest BCUT2D eigenvalue weighted by Crippen LogP contribution is -2.34. The second kappa shape index (κ2) is 6.84. The molecule has 1 aromatic heterocycles. The van der Waals surface area contributed by atoms with Crippen molar-refractivity contribution in [1.29, 1.82) is 0 Å². The lowest BCUT2D eigenvalue weighted by Gasteiger charge is -2.15. The minimum atomic E-state index is 0.181. The number of aliphatic imine (C=N–C) groups is 1. The summed E-state index contributed by atoms with van der Waals surface area (Å²) in [7, 11) is 0. The van der Waals surface area contributed by atoms with E-state index < -0.39 is 0 Å². The smallest absolute Gasteiger partial charge is 0.188 e. The van der Waals surface area contributed by atoms with E-state index in [9.17, 15) is 0 Å². The molecule has 0 atom stereocenters. The Morgan fingerprint density at radius 2 is 2.09 bits per heavy atom. The highest BCUT2D eigenvalue weighted by molar-refractivity contribution is 9.10. The van der Waals surface area contributed by atoms with Crippen molar-refractivity contribution >= 4 is 33.2 Å².